The van der Waals surface area contributed by atoms with Gasteiger partial charge in [-0.05, 0) is 38.2 Å². The number of rotatable bonds is 5. The van der Waals surface area contributed by atoms with Gasteiger partial charge in [-0.1, -0.05) is 41.7 Å². The van der Waals surface area contributed by atoms with Gasteiger partial charge in [-0.3, -0.25) is 9.20 Å². The summed E-state index contributed by atoms with van der Waals surface area (Å²) >= 11 is 1.31. The topological polar surface area (TPSA) is 92.6 Å². The van der Waals surface area contributed by atoms with Crippen molar-refractivity contribution in [3.05, 3.63) is 71.4 Å². The Balaban J connectivity index is 1.57. The Hall–Kier alpha value is -3.01. The first kappa shape index (κ1) is 19.3. The molecule has 0 radical (unpaired) electrons. The number of imidazole rings is 1. The summed E-state index contributed by atoms with van der Waals surface area (Å²) in [6.07, 6.45) is 1.92. The van der Waals surface area contributed by atoms with Crippen LogP contribution in [0, 0.1) is 6.92 Å². The Labute approximate surface area is 172 Å². The SMILES string of the molecule is CNS(=O)(=O)c1ccc(NC(=O)c2sc3nc(-c4ccccc4)cn3c2C)cc1. The normalized spacial score (nSPS) is 11.7. The minimum absolute atomic E-state index is 0.136. The molecule has 0 aliphatic rings. The highest BCUT2D eigenvalue weighted by molar-refractivity contribution is 7.89. The molecule has 0 aliphatic heterocycles. The van der Waals surface area contributed by atoms with Crippen LogP contribution in [0.5, 0.6) is 0 Å². The largest absolute Gasteiger partial charge is 0.321 e. The maximum atomic E-state index is 12.7. The van der Waals surface area contributed by atoms with E-state index in [2.05, 4.69) is 15.0 Å². The number of anilines is 1. The number of hydrogen-bond acceptors (Lipinski definition) is 5. The van der Waals surface area contributed by atoms with E-state index in [9.17, 15) is 13.2 Å². The van der Waals surface area contributed by atoms with E-state index in [4.69, 9.17) is 0 Å². The van der Waals surface area contributed by atoms with E-state index < -0.39 is 10.0 Å². The van der Waals surface area contributed by atoms with Gasteiger partial charge in [-0.15, -0.1) is 0 Å². The number of fused-ring (bicyclic) bond motifs is 1. The maximum absolute atomic E-state index is 12.7. The fourth-order valence-corrected chi connectivity index (χ4v) is 4.67. The number of aryl methyl sites for hydroxylation is 1. The van der Waals surface area contributed by atoms with Crippen molar-refractivity contribution < 1.29 is 13.2 Å². The first-order chi connectivity index (χ1) is 13.9. The number of aromatic nitrogens is 2. The number of thiazole rings is 1. The van der Waals surface area contributed by atoms with Gasteiger partial charge in [0.2, 0.25) is 10.0 Å². The maximum Gasteiger partial charge on any atom is 0.267 e. The number of carbonyl (C=O) groups is 1. The van der Waals surface area contributed by atoms with Gasteiger partial charge in [-0.2, -0.15) is 0 Å². The highest BCUT2D eigenvalue weighted by Gasteiger charge is 2.19. The van der Waals surface area contributed by atoms with Crippen molar-refractivity contribution >= 4 is 37.9 Å². The van der Waals surface area contributed by atoms with E-state index >= 15 is 0 Å². The molecule has 0 atom stereocenters. The number of benzene rings is 2. The third kappa shape index (κ3) is 3.67. The lowest BCUT2D eigenvalue weighted by atomic mass is 10.2. The van der Waals surface area contributed by atoms with Gasteiger partial charge in [0, 0.05) is 23.1 Å². The molecule has 2 N–H and O–H groups in total. The van der Waals surface area contributed by atoms with Crippen molar-refractivity contribution in [2.24, 2.45) is 0 Å². The minimum atomic E-state index is -3.51. The fourth-order valence-electron chi connectivity index (χ4n) is 2.93. The standard InChI is InChI=1S/C20H18N4O3S2/c1-13-18(19(25)22-15-8-10-16(11-9-15)29(26,27)21-2)28-20-23-17(12-24(13)20)14-6-4-3-5-7-14/h3-12,21H,1-2H3,(H,22,25). The molecule has 2 aromatic heterocycles. The smallest absolute Gasteiger partial charge is 0.267 e. The van der Waals surface area contributed by atoms with Crippen LogP contribution in [0.4, 0.5) is 5.69 Å². The third-order valence-electron chi connectivity index (χ3n) is 4.52. The highest BCUT2D eigenvalue weighted by atomic mass is 32.2. The second kappa shape index (κ2) is 7.43. The van der Waals surface area contributed by atoms with E-state index in [0.29, 0.717) is 10.6 Å². The van der Waals surface area contributed by atoms with Crippen molar-refractivity contribution in [1.82, 2.24) is 14.1 Å². The van der Waals surface area contributed by atoms with E-state index in [1.165, 1.54) is 30.5 Å². The second-order valence-electron chi connectivity index (χ2n) is 6.35. The molecule has 2 heterocycles. The van der Waals surface area contributed by atoms with Crippen LogP contribution in [0.1, 0.15) is 15.4 Å². The Morgan fingerprint density at radius 3 is 2.38 bits per heavy atom. The zero-order chi connectivity index (χ0) is 20.6. The average molecular weight is 427 g/mol. The molecule has 0 unspecified atom stereocenters. The van der Waals surface area contributed by atoms with Crippen LogP contribution in [-0.2, 0) is 10.0 Å². The van der Waals surface area contributed by atoms with Crippen LogP contribution in [0.15, 0.2) is 65.7 Å². The monoisotopic (exact) mass is 426 g/mol. The average Bonchev–Trinajstić information content (AvgIpc) is 3.29. The summed E-state index contributed by atoms with van der Waals surface area (Å²) < 4.78 is 27.8. The van der Waals surface area contributed by atoms with Gasteiger partial charge in [0.05, 0.1) is 10.6 Å². The Morgan fingerprint density at radius 2 is 1.76 bits per heavy atom. The van der Waals surface area contributed by atoms with Gasteiger partial charge in [0.25, 0.3) is 5.91 Å². The van der Waals surface area contributed by atoms with Crippen LogP contribution >= 0.6 is 11.3 Å². The molecule has 0 saturated heterocycles. The van der Waals surface area contributed by atoms with Crippen molar-refractivity contribution in [2.45, 2.75) is 11.8 Å². The lowest BCUT2D eigenvalue weighted by molar-refractivity contribution is 0.102. The van der Waals surface area contributed by atoms with Crippen LogP contribution in [0.3, 0.4) is 0 Å². The number of amides is 1. The number of hydrogen-bond donors (Lipinski definition) is 2. The molecule has 0 aliphatic carbocycles. The second-order valence-corrected chi connectivity index (χ2v) is 9.21. The predicted octanol–water partition coefficient (Wildman–Crippen LogP) is 3.53. The molecule has 1 amide bonds. The van der Waals surface area contributed by atoms with E-state index in [1.807, 2.05) is 47.9 Å². The van der Waals surface area contributed by atoms with Crippen molar-refractivity contribution in [1.29, 1.82) is 0 Å². The molecule has 0 saturated carbocycles. The first-order valence-electron chi connectivity index (χ1n) is 8.78. The quantitative estimate of drug-likeness (QED) is 0.511. The number of nitrogens with one attached hydrogen (secondary N) is 2. The zero-order valence-corrected chi connectivity index (χ0v) is 17.3. The van der Waals surface area contributed by atoms with Crippen molar-refractivity contribution in [2.75, 3.05) is 12.4 Å². The number of carbonyl (C=O) groups excluding carboxylic acids is 1. The third-order valence-corrected chi connectivity index (χ3v) is 7.11. The molecule has 148 valence electrons. The van der Waals surface area contributed by atoms with Crippen molar-refractivity contribution in [3.63, 3.8) is 0 Å². The molecule has 0 fully saturated rings. The minimum Gasteiger partial charge on any atom is -0.321 e. The Kier molecular flexibility index (Phi) is 4.95. The molecule has 0 bridgehead atoms. The van der Waals surface area contributed by atoms with E-state index in [0.717, 1.165) is 21.9 Å². The summed E-state index contributed by atoms with van der Waals surface area (Å²) in [5.74, 6) is -0.261. The Morgan fingerprint density at radius 1 is 1.07 bits per heavy atom. The lowest BCUT2D eigenvalue weighted by Crippen LogP contribution is -2.18. The summed E-state index contributed by atoms with van der Waals surface area (Å²) in [6.45, 7) is 1.87. The summed E-state index contributed by atoms with van der Waals surface area (Å²) in [6, 6.07) is 15.9. The molecular weight excluding hydrogens is 408 g/mol. The van der Waals surface area contributed by atoms with Crippen LogP contribution in [-0.4, -0.2) is 30.8 Å². The fraction of sp³-hybridized carbons (Fsp3) is 0.100. The number of sulfonamides is 1. The summed E-state index contributed by atoms with van der Waals surface area (Å²) in [7, 11) is -2.16. The van der Waals surface area contributed by atoms with Crippen LogP contribution < -0.4 is 10.0 Å². The van der Waals surface area contributed by atoms with Gasteiger partial charge in [0.15, 0.2) is 4.96 Å². The summed E-state index contributed by atoms with van der Waals surface area (Å²) in [4.78, 5) is 18.8. The zero-order valence-electron chi connectivity index (χ0n) is 15.7. The van der Waals surface area contributed by atoms with Gasteiger partial charge in [-0.25, -0.2) is 18.1 Å². The molecule has 0 spiro atoms. The molecule has 4 aromatic rings. The number of nitrogens with zero attached hydrogens (tertiary/aromatic N) is 2. The van der Waals surface area contributed by atoms with Gasteiger partial charge in [0.1, 0.15) is 4.88 Å². The van der Waals surface area contributed by atoms with Crippen LogP contribution in [0.25, 0.3) is 16.2 Å². The van der Waals surface area contributed by atoms with E-state index in [1.54, 1.807) is 12.1 Å². The summed E-state index contributed by atoms with van der Waals surface area (Å²) in [5, 5.41) is 2.81. The lowest BCUT2D eigenvalue weighted by Gasteiger charge is -2.06. The Bertz CT molecular complexity index is 1290. The predicted molar refractivity (Wildman–Crippen MR) is 114 cm³/mol. The highest BCUT2D eigenvalue weighted by Crippen LogP contribution is 2.27. The van der Waals surface area contributed by atoms with E-state index in [-0.39, 0.29) is 10.8 Å². The molecule has 7 nitrogen and oxygen atoms in total. The molecule has 9 heteroatoms. The molecule has 29 heavy (non-hydrogen) atoms. The van der Waals surface area contributed by atoms with Crippen molar-refractivity contribution in [3.8, 4) is 11.3 Å². The molecule has 4 rings (SSSR count). The van der Waals surface area contributed by atoms with Gasteiger partial charge < -0.3 is 5.32 Å². The van der Waals surface area contributed by atoms with Gasteiger partial charge >= 0.3 is 0 Å². The summed E-state index contributed by atoms with van der Waals surface area (Å²) in [5.41, 5.74) is 3.19. The molecular formula is C20H18N4O3S2. The van der Waals surface area contributed by atoms with Crippen LogP contribution in [0.2, 0.25) is 0 Å². The first-order valence-corrected chi connectivity index (χ1v) is 11.1. The molecule has 2 aromatic carbocycles.